The van der Waals surface area contributed by atoms with Gasteiger partial charge in [0.15, 0.2) is 0 Å². The summed E-state index contributed by atoms with van der Waals surface area (Å²) in [5, 5.41) is 12.3. The summed E-state index contributed by atoms with van der Waals surface area (Å²) in [7, 11) is 0. The Kier molecular flexibility index (Phi) is 5.65. The maximum absolute atomic E-state index is 12.5. The van der Waals surface area contributed by atoms with Gasteiger partial charge >= 0.3 is 0 Å². The highest BCUT2D eigenvalue weighted by molar-refractivity contribution is 5.94. The van der Waals surface area contributed by atoms with E-state index in [-0.39, 0.29) is 18.6 Å². The third kappa shape index (κ3) is 4.77. The van der Waals surface area contributed by atoms with Gasteiger partial charge in [0.05, 0.1) is 13.2 Å². The zero-order chi connectivity index (χ0) is 16.1. The van der Waals surface area contributed by atoms with Crippen LogP contribution in [0.15, 0.2) is 24.3 Å². The van der Waals surface area contributed by atoms with E-state index in [1.807, 2.05) is 18.2 Å². The molecule has 5 nitrogen and oxygen atoms in total. The first-order chi connectivity index (χ1) is 11.3. The lowest BCUT2D eigenvalue weighted by atomic mass is 10.1. The second kappa shape index (κ2) is 7.90. The number of nitrogens with one attached hydrogen (secondary N) is 1. The fourth-order valence-electron chi connectivity index (χ4n) is 3.14. The molecule has 1 heterocycles. The maximum atomic E-state index is 12.5. The van der Waals surface area contributed by atoms with Gasteiger partial charge in [-0.15, -0.1) is 0 Å². The summed E-state index contributed by atoms with van der Waals surface area (Å²) in [6.45, 7) is 4.42. The van der Waals surface area contributed by atoms with E-state index in [9.17, 15) is 4.79 Å². The normalized spacial score (nSPS) is 20.2. The molecular weight excluding hydrogens is 292 g/mol. The first kappa shape index (κ1) is 16.4. The van der Waals surface area contributed by atoms with Crippen molar-refractivity contribution in [2.75, 3.05) is 32.9 Å². The van der Waals surface area contributed by atoms with Crippen molar-refractivity contribution in [3.05, 3.63) is 35.4 Å². The van der Waals surface area contributed by atoms with Gasteiger partial charge in [-0.25, -0.2) is 0 Å². The smallest absolute Gasteiger partial charge is 0.251 e. The highest BCUT2D eigenvalue weighted by Crippen LogP contribution is 2.34. The number of carbonyl (C=O) groups is 1. The van der Waals surface area contributed by atoms with Crippen LogP contribution in [0.1, 0.15) is 35.2 Å². The minimum Gasteiger partial charge on any atom is -0.396 e. The van der Waals surface area contributed by atoms with Gasteiger partial charge in [0, 0.05) is 37.8 Å². The number of carbonyl (C=O) groups excluding carboxylic acids is 1. The molecule has 0 spiro atoms. The molecule has 1 aromatic rings. The first-order valence-electron chi connectivity index (χ1n) is 8.57. The third-order valence-corrected chi connectivity index (χ3v) is 4.65. The van der Waals surface area contributed by atoms with E-state index < -0.39 is 0 Å². The highest BCUT2D eigenvalue weighted by Gasteiger charge is 2.31. The van der Waals surface area contributed by atoms with Crippen LogP contribution >= 0.6 is 0 Å². The molecule has 1 atom stereocenters. The minimum absolute atomic E-state index is 0.0285. The van der Waals surface area contributed by atoms with Crippen LogP contribution < -0.4 is 5.32 Å². The lowest BCUT2D eigenvalue weighted by Gasteiger charge is -2.26. The average Bonchev–Trinajstić information content (AvgIpc) is 3.40. The topological polar surface area (TPSA) is 61.8 Å². The van der Waals surface area contributed by atoms with Gasteiger partial charge in [-0.1, -0.05) is 12.1 Å². The second-order valence-electron chi connectivity index (χ2n) is 6.52. The van der Waals surface area contributed by atoms with Crippen LogP contribution in [0, 0.1) is 5.92 Å². The van der Waals surface area contributed by atoms with E-state index in [0.29, 0.717) is 17.9 Å². The molecule has 1 aliphatic carbocycles. The summed E-state index contributed by atoms with van der Waals surface area (Å²) in [5.74, 6) is 0.516. The van der Waals surface area contributed by atoms with E-state index in [4.69, 9.17) is 9.84 Å². The van der Waals surface area contributed by atoms with Crippen LogP contribution in [0.25, 0.3) is 0 Å². The van der Waals surface area contributed by atoms with Gasteiger partial charge in [0.25, 0.3) is 5.91 Å². The number of rotatable bonds is 7. The Bertz CT molecular complexity index is 525. The molecule has 126 valence electrons. The summed E-state index contributed by atoms with van der Waals surface area (Å²) in [6, 6.07) is 7.96. The Labute approximate surface area is 137 Å². The molecule has 1 aromatic carbocycles. The van der Waals surface area contributed by atoms with Crippen molar-refractivity contribution in [3.63, 3.8) is 0 Å². The molecule has 2 fully saturated rings. The number of hydrogen-bond donors (Lipinski definition) is 2. The van der Waals surface area contributed by atoms with Crippen molar-refractivity contribution in [1.82, 2.24) is 10.2 Å². The van der Waals surface area contributed by atoms with Gasteiger partial charge in [-0.05, 0) is 42.9 Å². The molecule has 0 radical (unpaired) electrons. The monoisotopic (exact) mass is 318 g/mol. The predicted molar refractivity (Wildman–Crippen MR) is 88.2 cm³/mol. The summed E-state index contributed by atoms with van der Waals surface area (Å²) < 4.78 is 5.37. The van der Waals surface area contributed by atoms with Crippen LogP contribution in [0.3, 0.4) is 0 Å². The molecule has 1 unspecified atom stereocenters. The molecule has 1 saturated carbocycles. The van der Waals surface area contributed by atoms with E-state index in [1.165, 1.54) is 0 Å². The molecule has 1 saturated heterocycles. The van der Waals surface area contributed by atoms with Crippen LogP contribution in [0.5, 0.6) is 0 Å². The van der Waals surface area contributed by atoms with Gasteiger partial charge < -0.3 is 15.2 Å². The number of aliphatic hydroxyl groups is 1. The lowest BCUT2D eigenvalue weighted by molar-refractivity contribution is 0.0342. The van der Waals surface area contributed by atoms with Crippen molar-refractivity contribution < 1.29 is 14.6 Å². The number of nitrogens with zero attached hydrogens (tertiary/aromatic N) is 1. The first-order valence-corrected chi connectivity index (χ1v) is 8.57. The zero-order valence-electron chi connectivity index (χ0n) is 13.5. The lowest BCUT2D eigenvalue weighted by Crippen LogP contribution is -2.37. The molecule has 1 aliphatic heterocycles. The molecule has 0 aromatic heterocycles. The summed E-state index contributed by atoms with van der Waals surface area (Å²) in [4.78, 5) is 14.8. The SMILES string of the molecule is O=C(NC(CCO)C1CC1)c1cccc(CN2CCOCC2)c1. The largest absolute Gasteiger partial charge is 0.396 e. The quantitative estimate of drug-likeness (QED) is 0.798. The highest BCUT2D eigenvalue weighted by atomic mass is 16.5. The molecule has 0 bridgehead atoms. The number of aliphatic hydroxyl groups excluding tert-OH is 1. The van der Waals surface area contributed by atoms with Crippen molar-refractivity contribution >= 4 is 5.91 Å². The Hall–Kier alpha value is -1.43. The number of benzene rings is 1. The van der Waals surface area contributed by atoms with Crippen LogP contribution in [0.2, 0.25) is 0 Å². The fraction of sp³-hybridized carbons (Fsp3) is 0.611. The number of hydrogen-bond acceptors (Lipinski definition) is 4. The van der Waals surface area contributed by atoms with Crippen molar-refractivity contribution in [1.29, 1.82) is 0 Å². The Morgan fingerprint density at radius 1 is 1.35 bits per heavy atom. The van der Waals surface area contributed by atoms with Crippen molar-refractivity contribution in [2.45, 2.75) is 31.8 Å². The molecule has 1 amide bonds. The molecule has 2 aliphatic rings. The van der Waals surface area contributed by atoms with Crippen LogP contribution in [0.4, 0.5) is 0 Å². The fourth-order valence-corrected chi connectivity index (χ4v) is 3.14. The summed E-state index contributed by atoms with van der Waals surface area (Å²) >= 11 is 0. The average molecular weight is 318 g/mol. The van der Waals surface area contributed by atoms with Gasteiger partial charge in [-0.3, -0.25) is 9.69 Å². The van der Waals surface area contributed by atoms with Gasteiger partial charge in [-0.2, -0.15) is 0 Å². The minimum atomic E-state index is -0.0285. The second-order valence-corrected chi connectivity index (χ2v) is 6.52. The number of morpholine rings is 1. The number of ether oxygens (including phenoxy) is 1. The van der Waals surface area contributed by atoms with Crippen LogP contribution in [-0.2, 0) is 11.3 Å². The van der Waals surface area contributed by atoms with E-state index in [0.717, 1.165) is 51.3 Å². The molecule has 2 N–H and O–H groups in total. The standard InChI is InChI=1S/C18H26N2O3/c21-9-6-17(15-4-5-15)19-18(22)16-3-1-2-14(12-16)13-20-7-10-23-11-8-20/h1-3,12,15,17,21H,4-11,13H2,(H,19,22). The summed E-state index contributed by atoms with van der Waals surface area (Å²) in [6.07, 6.45) is 2.95. The van der Waals surface area contributed by atoms with Crippen molar-refractivity contribution in [2.24, 2.45) is 5.92 Å². The zero-order valence-corrected chi connectivity index (χ0v) is 13.5. The van der Waals surface area contributed by atoms with Gasteiger partial charge in [0.1, 0.15) is 0 Å². The molecular formula is C18H26N2O3. The summed E-state index contributed by atoms with van der Waals surface area (Å²) in [5.41, 5.74) is 1.86. The Morgan fingerprint density at radius 2 is 2.13 bits per heavy atom. The third-order valence-electron chi connectivity index (χ3n) is 4.65. The van der Waals surface area contributed by atoms with E-state index >= 15 is 0 Å². The predicted octanol–water partition coefficient (Wildman–Crippen LogP) is 1.41. The Morgan fingerprint density at radius 3 is 2.83 bits per heavy atom. The van der Waals surface area contributed by atoms with E-state index in [1.54, 1.807) is 0 Å². The van der Waals surface area contributed by atoms with E-state index in [2.05, 4.69) is 16.3 Å². The Balaban J connectivity index is 1.60. The van der Waals surface area contributed by atoms with Gasteiger partial charge in [0.2, 0.25) is 0 Å². The molecule has 5 heteroatoms. The van der Waals surface area contributed by atoms with Crippen LogP contribution in [-0.4, -0.2) is 54.9 Å². The number of amides is 1. The molecule has 23 heavy (non-hydrogen) atoms. The maximum Gasteiger partial charge on any atom is 0.251 e. The van der Waals surface area contributed by atoms with Crippen molar-refractivity contribution in [3.8, 4) is 0 Å². The molecule has 3 rings (SSSR count).